The lowest BCUT2D eigenvalue weighted by Crippen LogP contribution is -2.38. The molecule has 8 nitrogen and oxygen atoms in total. The Morgan fingerprint density at radius 2 is 1.32 bits per heavy atom. The predicted octanol–water partition coefficient (Wildman–Crippen LogP) is 6.18. The van der Waals surface area contributed by atoms with Crippen LogP contribution in [-0.2, 0) is 23.1 Å². The summed E-state index contributed by atoms with van der Waals surface area (Å²) in [7, 11) is 1.36. The van der Waals surface area contributed by atoms with Crippen molar-refractivity contribution in [1.29, 1.82) is 0 Å². The van der Waals surface area contributed by atoms with Gasteiger partial charge in [0.2, 0.25) is 0 Å². The molecule has 0 rings (SSSR count). The molecule has 0 amide bonds. The molecule has 2 unspecified atom stereocenters. The number of likely N-dealkylation sites (N-methyl/N-ethyl adjacent to an activating group) is 1. The van der Waals surface area contributed by atoms with Gasteiger partial charge in [-0.3, -0.25) is 4.57 Å². The number of carbonyl (C=O) groups is 1. The Balaban J connectivity index is 4.17. The fraction of sp³-hybridized carbons (Fsp3) is 0.966. The topological polar surface area (TPSA) is 105 Å². The van der Waals surface area contributed by atoms with Crippen molar-refractivity contribution < 1.29 is 37.6 Å². The Bertz CT molecular complexity index is 586. The van der Waals surface area contributed by atoms with Gasteiger partial charge in [-0.1, -0.05) is 96.8 Å². The van der Waals surface area contributed by atoms with Crippen LogP contribution >= 0.6 is 7.82 Å². The average Bonchev–Trinajstić information content (AvgIpc) is 2.84. The van der Waals surface area contributed by atoms with Crippen LogP contribution in [0.1, 0.15) is 122 Å². The molecule has 0 aliphatic heterocycles. The number of nitrogens with zero attached hydrogens (tertiary/aromatic N) is 1. The number of quaternary nitrogens is 1. The smallest absolute Gasteiger partial charge is 0.268 e. The molecule has 0 heterocycles. The number of hydrogen-bond acceptors (Lipinski definition) is 7. The molecule has 0 aromatic carbocycles. The predicted molar refractivity (Wildman–Crippen MR) is 153 cm³/mol. The Hall–Kier alpha value is -0.340. The maximum atomic E-state index is 12.2. The summed E-state index contributed by atoms with van der Waals surface area (Å²) in [5.74, 6) is 0. The van der Waals surface area contributed by atoms with E-state index in [-0.39, 0.29) is 13.2 Å². The highest BCUT2D eigenvalue weighted by Gasteiger charge is 2.23. The fourth-order valence-electron chi connectivity index (χ4n) is 4.20. The third-order valence-electron chi connectivity index (χ3n) is 6.74. The molecule has 0 fully saturated rings. The van der Waals surface area contributed by atoms with Crippen molar-refractivity contribution in [2.45, 2.75) is 135 Å². The van der Waals surface area contributed by atoms with Gasteiger partial charge in [0.05, 0.1) is 33.9 Å². The van der Waals surface area contributed by atoms with Crippen molar-refractivity contribution in [2.75, 3.05) is 47.5 Å². The third-order valence-corrected chi connectivity index (χ3v) is 7.70. The van der Waals surface area contributed by atoms with E-state index in [2.05, 4.69) is 6.92 Å². The minimum absolute atomic E-state index is 0.0309. The van der Waals surface area contributed by atoms with E-state index in [0.29, 0.717) is 43.3 Å². The largest absolute Gasteiger partial charge is 0.756 e. The minimum atomic E-state index is -4.48. The van der Waals surface area contributed by atoms with E-state index in [1.165, 1.54) is 70.6 Å². The lowest BCUT2D eigenvalue weighted by atomic mass is 10.0. The molecule has 0 saturated carbocycles. The zero-order valence-electron chi connectivity index (χ0n) is 25.1. The van der Waals surface area contributed by atoms with E-state index in [9.17, 15) is 19.4 Å². The number of carbonyl (C=O) groups excluding carboxylic acids is 1. The van der Waals surface area contributed by atoms with Crippen LogP contribution in [0.4, 0.5) is 0 Å². The van der Waals surface area contributed by atoms with Crippen molar-refractivity contribution in [2.24, 2.45) is 0 Å². The fourth-order valence-corrected chi connectivity index (χ4v) is 4.91. The van der Waals surface area contributed by atoms with E-state index in [1.807, 2.05) is 21.1 Å². The van der Waals surface area contributed by atoms with Crippen LogP contribution < -0.4 is 4.89 Å². The molecule has 3 atom stereocenters. The molecule has 228 valence electrons. The van der Waals surface area contributed by atoms with Crippen molar-refractivity contribution in [3.05, 3.63) is 0 Å². The first-order chi connectivity index (χ1) is 18.1. The average molecular weight is 566 g/mol. The van der Waals surface area contributed by atoms with Crippen molar-refractivity contribution in [1.82, 2.24) is 0 Å². The lowest BCUT2D eigenvalue weighted by molar-refractivity contribution is -0.870. The zero-order valence-corrected chi connectivity index (χ0v) is 26.0. The molecule has 9 heteroatoms. The van der Waals surface area contributed by atoms with E-state index < -0.39 is 20.0 Å². The maximum Gasteiger partial charge on any atom is 0.268 e. The summed E-state index contributed by atoms with van der Waals surface area (Å²) in [6.45, 7) is 2.87. The number of ether oxygens (including phenoxy) is 1. The monoisotopic (exact) mass is 565 g/mol. The number of hydrogen-bond donors (Lipinski definition) is 1. The first kappa shape index (κ1) is 37.7. The van der Waals surface area contributed by atoms with Crippen LogP contribution in [0.2, 0.25) is 0 Å². The Morgan fingerprint density at radius 1 is 0.789 bits per heavy atom. The number of aliphatic hydroxyl groups excluding tert-OH is 1. The van der Waals surface area contributed by atoms with Crippen molar-refractivity contribution in [3.8, 4) is 0 Å². The molecule has 0 bridgehead atoms. The van der Waals surface area contributed by atoms with Gasteiger partial charge in [0.1, 0.15) is 25.5 Å². The van der Waals surface area contributed by atoms with Gasteiger partial charge in [-0.25, -0.2) is 0 Å². The molecule has 0 aliphatic carbocycles. The van der Waals surface area contributed by atoms with E-state index in [4.69, 9.17) is 13.8 Å². The number of aldehydes is 1. The van der Waals surface area contributed by atoms with E-state index in [0.717, 1.165) is 25.5 Å². The summed E-state index contributed by atoms with van der Waals surface area (Å²) >= 11 is 0. The van der Waals surface area contributed by atoms with Crippen LogP contribution in [0.3, 0.4) is 0 Å². The molecule has 1 N–H and O–H groups in total. The molecule has 0 radical (unpaired) electrons. The molecular weight excluding hydrogens is 505 g/mol. The molecule has 0 aliphatic rings. The highest BCUT2D eigenvalue weighted by atomic mass is 31.2. The van der Waals surface area contributed by atoms with Gasteiger partial charge in [-0.05, 0) is 19.3 Å². The van der Waals surface area contributed by atoms with Crippen LogP contribution in [0, 0.1) is 0 Å². The summed E-state index contributed by atoms with van der Waals surface area (Å²) < 4.78 is 28.5. The first-order valence-electron chi connectivity index (χ1n) is 15.2. The second-order valence-electron chi connectivity index (χ2n) is 11.6. The molecule has 0 aromatic rings. The van der Waals surface area contributed by atoms with Crippen molar-refractivity contribution in [3.63, 3.8) is 0 Å². The quantitative estimate of drug-likeness (QED) is 0.0500. The van der Waals surface area contributed by atoms with Crippen LogP contribution in [0.5, 0.6) is 0 Å². The Kier molecular flexibility index (Phi) is 24.2. The summed E-state index contributed by atoms with van der Waals surface area (Å²) in [6, 6.07) is 0. The van der Waals surface area contributed by atoms with E-state index in [1.54, 1.807) is 0 Å². The number of rotatable bonds is 29. The summed E-state index contributed by atoms with van der Waals surface area (Å²) in [4.78, 5) is 22.7. The summed E-state index contributed by atoms with van der Waals surface area (Å²) in [6.07, 6.45) is 19.4. The van der Waals surface area contributed by atoms with Gasteiger partial charge >= 0.3 is 0 Å². The van der Waals surface area contributed by atoms with Gasteiger partial charge in [0.25, 0.3) is 7.82 Å². The Morgan fingerprint density at radius 3 is 1.82 bits per heavy atom. The van der Waals surface area contributed by atoms with Crippen LogP contribution in [0.25, 0.3) is 0 Å². The standard InChI is InChI=1S/C29H60NO7P/c1-5-6-7-8-9-10-11-12-13-14-15-16-17-19-22-28(32)29(35-25-21-18-20-24-31)27-37-38(33,34)36-26-23-30(2,3)4/h24,28-29,32H,5-23,25-27H2,1-4H3/t28?,29-/m0/s1. The number of aliphatic hydroxyl groups is 1. The number of phosphoric acid groups is 1. The lowest BCUT2D eigenvalue weighted by Gasteiger charge is -2.29. The SMILES string of the molecule is CCCCCCCCCCCCCCCCC(O)[C@H](COP(=O)([O-])OCC[N+](C)(C)C)OCCCCC=O. The third kappa shape index (κ3) is 25.9. The summed E-state index contributed by atoms with van der Waals surface area (Å²) in [5, 5.41) is 10.7. The van der Waals surface area contributed by atoms with Crippen LogP contribution in [0.15, 0.2) is 0 Å². The summed E-state index contributed by atoms with van der Waals surface area (Å²) in [5.41, 5.74) is 0. The maximum absolute atomic E-state index is 12.2. The molecule has 0 aromatic heterocycles. The molecular formula is C29H60NO7P. The van der Waals surface area contributed by atoms with Crippen molar-refractivity contribution >= 4 is 14.1 Å². The van der Waals surface area contributed by atoms with Gasteiger partial charge in [0, 0.05) is 13.0 Å². The number of phosphoric ester groups is 1. The highest BCUT2D eigenvalue weighted by Crippen LogP contribution is 2.38. The second kappa shape index (κ2) is 24.5. The zero-order chi connectivity index (χ0) is 28.5. The van der Waals surface area contributed by atoms with Gasteiger partial charge in [-0.15, -0.1) is 0 Å². The Labute approximate surface area is 234 Å². The van der Waals surface area contributed by atoms with Gasteiger partial charge in [0.15, 0.2) is 0 Å². The molecule has 0 saturated heterocycles. The first-order valence-corrected chi connectivity index (χ1v) is 16.7. The van der Waals surface area contributed by atoms with Gasteiger partial charge < -0.3 is 33.1 Å². The minimum Gasteiger partial charge on any atom is -0.756 e. The number of unbranched alkanes of at least 4 members (excludes halogenated alkanes) is 15. The normalized spacial score (nSPS) is 15.3. The van der Waals surface area contributed by atoms with Gasteiger partial charge in [-0.2, -0.15) is 0 Å². The highest BCUT2D eigenvalue weighted by molar-refractivity contribution is 7.45. The molecule has 38 heavy (non-hydrogen) atoms. The van der Waals surface area contributed by atoms with E-state index >= 15 is 0 Å². The van der Waals surface area contributed by atoms with Crippen LogP contribution in [-0.4, -0.2) is 75.6 Å². The molecule has 0 spiro atoms. The second-order valence-corrected chi connectivity index (χ2v) is 13.0.